The Morgan fingerprint density at radius 2 is 1.86 bits per heavy atom. The van der Waals surface area contributed by atoms with Gasteiger partial charge in [0.05, 0.1) is 24.1 Å². The fourth-order valence-corrected chi connectivity index (χ4v) is 4.66. The number of amides is 4. The molecule has 9 heteroatoms. The smallest absolute Gasteiger partial charge is 0.323 e. The number of aryl methyl sites for hydroxylation is 1. The summed E-state index contributed by atoms with van der Waals surface area (Å²) in [4.78, 5) is 39.7. The average Bonchev–Trinajstić information content (AvgIpc) is 2.85. The van der Waals surface area contributed by atoms with E-state index in [-0.39, 0.29) is 36.7 Å². The number of hydrogen-bond donors (Lipinski definition) is 3. The summed E-state index contributed by atoms with van der Waals surface area (Å²) in [6, 6.07) is 12.0. The number of nitrogens with one attached hydrogen (secondary N) is 3. The molecule has 0 spiro atoms. The lowest BCUT2D eigenvalue weighted by molar-refractivity contribution is -0.134. The van der Waals surface area contributed by atoms with Crippen LogP contribution in [-0.4, -0.2) is 61.2 Å². The fraction of sp³-hybridized carbons (Fsp3) is 0.444. The number of benzene rings is 2. The van der Waals surface area contributed by atoms with Gasteiger partial charge in [0, 0.05) is 25.0 Å². The molecule has 3 atom stereocenters. The van der Waals surface area contributed by atoms with Gasteiger partial charge in [-0.3, -0.25) is 9.59 Å². The van der Waals surface area contributed by atoms with Gasteiger partial charge in [0.1, 0.15) is 18.5 Å². The molecule has 2 aliphatic heterocycles. The number of nitrogens with zero attached hydrogens (tertiary/aromatic N) is 1. The first kappa shape index (κ1) is 25.5. The molecule has 1 fully saturated rings. The fourth-order valence-electron chi connectivity index (χ4n) is 4.66. The van der Waals surface area contributed by atoms with Crippen LogP contribution >= 0.6 is 0 Å². The highest BCUT2D eigenvalue weighted by Gasteiger charge is 2.39. The maximum Gasteiger partial charge on any atom is 0.323 e. The molecule has 2 heterocycles. The Labute approximate surface area is 211 Å². The molecule has 0 bridgehead atoms. The zero-order chi connectivity index (χ0) is 25.7. The molecular formula is C27H34N4O5. The van der Waals surface area contributed by atoms with E-state index in [0.29, 0.717) is 48.5 Å². The highest BCUT2D eigenvalue weighted by atomic mass is 16.5. The molecule has 3 N–H and O–H groups in total. The lowest BCUT2D eigenvalue weighted by Gasteiger charge is -2.42. The maximum atomic E-state index is 13.4. The topological polar surface area (TPSA) is 109 Å². The Balaban J connectivity index is 1.43. The van der Waals surface area contributed by atoms with Gasteiger partial charge < -0.3 is 30.3 Å². The van der Waals surface area contributed by atoms with Crippen molar-refractivity contribution in [2.75, 3.05) is 30.8 Å². The minimum atomic E-state index is -0.400. The molecule has 1 saturated heterocycles. The monoisotopic (exact) mass is 494 g/mol. The lowest BCUT2D eigenvalue weighted by atomic mass is 9.94. The first-order valence-corrected chi connectivity index (χ1v) is 12.4. The van der Waals surface area contributed by atoms with Crippen molar-refractivity contribution in [3.05, 3.63) is 53.6 Å². The quantitative estimate of drug-likeness (QED) is 0.564. The Kier molecular flexibility index (Phi) is 8.10. The molecule has 0 unspecified atom stereocenters. The average molecular weight is 495 g/mol. The molecule has 9 nitrogen and oxygen atoms in total. The minimum absolute atomic E-state index is 0.0201. The standard InChI is InChI=1S/C27H34N4O5/c1-4-12-28-25(32)15-20-9-10-22-24(36-20)16-35-23-11-8-19(14-21(23)26(33)31(22)3)30-27(34)29-18-7-5-6-17(2)13-18/h5-8,11,13-14,20,22,24H,4,9-10,12,15-16H2,1-3H3,(H,28,32)(H2,29,30,34)/t20-,22+,24+/m0/s1. The molecule has 2 aromatic carbocycles. The highest BCUT2D eigenvalue weighted by Crippen LogP contribution is 2.32. The summed E-state index contributed by atoms with van der Waals surface area (Å²) in [5.41, 5.74) is 2.59. The Morgan fingerprint density at radius 3 is 2.61 bits per heavy atom. The zero-order valence-corrected chi connectivity index (χ0v) is 21.0. The van der Waals surface area contributed by atoms with Gasteiger partial charge in [0.25, 0.3) is 5.91 Å². The highest BCUT2D eigenvalue weighted by molar-refractivity contribution is 6.02. The Hall–Kier alpha value is -3.59. The van der Waals surface area contributed by atoms with Gasteiger partial charge >= 0.3 is 6.03 Å². The van der Waals surface area contributed by atoms with E-state index < -0.39 is 6.03 Å². The van der Waals surface area contributed by atoms with Crippen molar-refractivity contribution in [2.24, 2.45) is 0 Å². The van der Waals surface area contributed by atoms with Crippen molar-refractivity contribution in [2.45, 2.75) is 57.8 Å². The van der Waals surface area contributed by atoms with Crippen molar-refractivity contribution >= 4 is 29.2 Å². The van der Waals surface area contributed by atoms with Gasteiger partial charge in [-0.15, -0.1) is 0 Å². The number of fused-ring (bicyclic) bond motifs is 2. The van der Waals surface area contributed by atoms with Crippen molar-refractivity contribution < 1.29 is 23.9 Å². The number of anilines is 2. The minimum Gasteiger partial charge on any atom is -0.490 e. The third kappa shape index (κ3) is 6.15. The molecule has 2 aromatic rings. The SMILES string of the molecule is CCCNC(=O)C[C@@H]1CC[C@@H]2[C@@H](COc3ccc(NC(=O)Nc4cccc(C)c4)cc3C(=O)N2C)O1. The van der Waals surface area contributed by atoms with E-state index >= 15 is 0 Å². The number of carbonyl (C=O) groups is 3. The van der Waals surface area contributed by atoms with Crippen LogP contribution in [0, 0.1) is 6.92 Å². The lowest BCUT2D eigenvalue weighted by Crippen LogP contribution is -2.54. The largest absolute Gasteiger partial charge is 0.490 e. The number of likely N-dealkylation sites (N-methyl/N-ethyl adjacent to an activating group) is 1. The molecule has 4 amide bonds. The van der Waals surface area contributed by atoms with Crippen LogP contribution in [0.4, 0.5) is 16.2 Å². The molecular weight excluding hydrogens is 460 g/mol. The second-order valence-electron chi connectivity index (χ2n) is 9.38. The van der Waals surface area contributed by atoms with Crippen molar-refractivity contribution in [1.82, 2.24) is 10.2 Å². The van der Waals surface area contributed by atoms with Gasteiger partial charge in [-0.25, -0.2) is 4.79 Å². The predicted octanol–water partition coefficient (Wildman–Crippen LogP) is 3.94. The van der Waals surface area contributed by atoms with Gasteiger partial charge in [0.2, 0.25) is 5.91 Å². The number of urea groups is 1. The molecule has 0 aromatic heterocycles. The molecule has 2 aliphatic rings. The van der Waals surface area contributed by atoms with Gasteiger partial charge in [-0.05, 0) is 62.1 Å². The summed E-state index contributed by atoms with van der Waals surface area (Å²) in [5.74, 6) is 0.208. The van der Waals surface area contributed by atoms with E-state index in [1.165, 1.54) is 0 Å². The number of ether oxygens (including phenoxy) is 2. The molecule has 0 aliphatic carbocycles. The van der Waals surface area contributed by atoms with E-state index in [0.717, 1.165) is 12.0 Å². The third-order valence-electron chi connectivity index (χ3n) is 6.53. The summed E-state index contributed by atoms with van der Waals surface area (Å²) in [5, 5.41) is 8.47. The van der Waals surface area contributed by atoms with E-state index in [1.54, 1.807) is 30.1 Å². The first-order chi connectivity index (χ1) is 17.3. The zero-order valence-electron chi connectivity index (χ0n) is 21.0. The number of carbonyl (C=O) groups excluding carboxylic acids is 3. The van der Waals surface area contributed by atoms with E-state index in [2.05, 4.69) is 16.0 Å². The van der Waals surface area contributed by atoms with E-state index in [4.69, 9.17) is 9.47 Å². The summed E-state index contributed by atoms with van der Waals surface area (Å²) in [7, 11) is 1.76. The van der Waals surface area contributed by atoms with E-state index in [1.807, 2.05) is 38.1 Å². The molecule has 192 valence electrons. The van der Waals surface area contributed by atoms with Crippen LogP contribution in [0.3, 0.4) is 0 Å². The summed E-state index contributed by atoms with van der Waals surface area (Å²) >= 11 is 0. The Morgan fingerprint density at radius 1 is 1.08 bits per heavy atom. The summed E-state index contributed by atoms with van der Waals surface area (Å²) < 4.78 is 12.2. The van der Waals surface area contributed by atoms with Gasteiger partial charge in [-0.2, -0.15) is 0 Å². The maximum absolute atomic E-state index is 13.4. The normalized spacial score (nSPS) is 21.2. The van der Waals surface area contributed by atoms with Crippen LogP contribution in [0.25, 0.3) is 0 Å². The van der Waals surface area contributed by atoms with Gasteiger partial charge in [-0.1, -0.05) is 19.1 Å². The molecule has 4 rings (SSSR count). The van der Waals surface area contributed by atoms with Crippen LogP contribution in [0.15, 0.2) is 42.5 Å². The van der Waals surface area contributed by atoms with Crippen LogP contribution in [0.2, 0.25) is 0 Å². The summed E-state index contributed by atoms with van der Waals surface area (Å²) in [6.07, 6.45) is 2.06. The second-order valence-corrected chi connectivity index (χ2v) is 9.38. The molecule has 36 heavy (non-hydrogen) atoms. The van der Waals surface area contributed by atoms with Crippen molar-refractivity contribution in [3.8, 4) is 5.75 Å². The molecule has 0 radical (unpaired) electrons. The van der Waals surface area contributed by atoms with Gasteiger partial charge in [0.15, 0.2) is 0 Å². The first-order valence-electron chi connectivity index (χ1n) is 12.4. The number of rotatable bonds is 6. The predicted molar refractivity (Wildman–Crippen MR) is 137 cm³/mol. The second kappa shape index (κ2) is 11.4. The van der Waals surface area contributed by atoms with E-state index in [9.17, 15) is 14.4 Å². The van der Waals surface area contributed by atoms with Crippen LogP contribution < -0.4 is 20.7 Å². The third-order valence-corrected chi connectivity index (χ3v) is 6.53. The molecule has 0 saturated carbocycles. The summed E-state index contributed by atoms with van der Waals surface area (Å²) in [6.45, 7) is 4.88. The van der Waals surface area contributed by atoms with Crippen LogP contribution in [0.5, 0.6) is 5.75 Å². The van der Waals surface area contributed by atoms with Crippen molar-refractivity contribution in [1.29, 1.82) is 0 Å². The van der Waals surface area contributed by atoms with Crippen molar-refractivity contribution in [3.63, 3.8) is 0 Å². The number of hydrogen-bond acceptors (Lipinski definition) is 5. The Bertz CT molecular complexity index is 1120. The van der Waals surface area contributed by atoms with Crippen LogP contribution in [0.1, 0.15) is 48.5 Å². The van der Waals surface area contributed by atoms with Crippen LogP contribution in [-0.2, 0) is 9.53 Å².